The van der Waals surface area contributed by atoms with E-state index in [9.17, 15) is 4.79 Å². The Morgan fingerprint density at radius 2 is 1.83 bits per heavy atom. The van der Waals surface area contributed by atoms with Crippen LogP contribution >= 0.6 is 11.6 Å². The molecule has 1 aliphatic rings. The zero-order valence-electron chi connectivity index (χ0n) is 13.7. The minimum Gasteiger partial charge on any atom is -0.349 e. The molecule has 0 atom stereocenters. The third-order valence-electron chi connectivity index (χ3n) is 5.14. The Labute approximate surface area is 148 Å². The monoisotopic (exact) mass is 342 g/mol. The van der Waals surface area contributed by atoms with E-state index in [0.717, 1.165) is 30.7 Å². The summed E-state index contributed by atoms with van der Waals surface area (Å²) in [6, 6.07) is 17.6. The predicted octanol–water partition coefficient (Wildman–Crippen LogP) is 3.91. The van der Waals surface area contributed by atoms with Gasteiger partial charge in [0.1, 0.15) is 0 Å². The van der Waals surface area contributed by atoms with E-state index >= 15 is 0 Å². The van der Waals surface area contributed by atoms with Crippen molar-refractivity contribution < 1.29 is 4.79 Å². The molecule has 0 aliphatic heterocycles. The van der Waals surface area contributed by atoms with Crippen molar-refractivity contribution >= 4 is 17.5 Å². The first-order valence-electron chi connectivity index (χ1n) is 8.45. The number of benzene rings is 2. The first-order chi connectivity index (χ1) is 11.6. The van der Waals surface area contributed by atoms with Crippen molar-refractivity contribution in [3.63, 3.8) is 0 Å². The van der Waals surface area contributed by atoms with Gasteiger partial charge in [-0.2, -0.15) is 0 Å². The minimum atomic E-state index is -0.0289. The molecule has 0 aromatic heterocycles. The molecule has 0 spiro atoms. The largest absolute Gasteiger partial charge is 0.349 e. The van der Waals surface area contributed by atoms with Crippen LogP contribution in [0.3, 0.4) is 0 Å². The van der Waals surface area contributed by atoms with Crippen LogP contribution in [0.15, 0.2) is 54.6 Å². The standard InChI is InChI=1S/C20H23ClN2O/c21-17-8-4-7-16(13-17)20(14-22)11-9-18(10-12-20)23-19(24)15-5-2-1-3-6-15/h1-8,13,18H,9-12,14,22H2,(H,23,24). The molecule has 126 valence electrons. The molecule has 0 bridgehead atoms. The van der Waals surface area contributed by atoms with Gasteiger partial charge in [0.15, 0.2) is 0 Å². The van der Waals surface area contributed by atoms with Crippen LogP contribution in [0.1, 0.15) is 41.6 Å². The van der Waals surface area contributed by atoms with Crippen LogP contribution in [0.5, 0.6) is 0 Å². The Morgan fingerprint density at radius 1 is 1.12 bits per heavy atom. The number of carbonyl (C=O) groups is 1. The van der Waals surface area contributed by atoms with Crippen LogP contribution < -0.4 is 11.1 Å². The van der Waals surface area contributed by atoms with Crippen LogP contribution in [0.4, 0.5) is 0 Å². The molecule has 1 fully saturated rings. The number of nitrogens with one attached hydrogen (secondary N) is 1. The summed E-state index contributed by atoms with van der Waals surface area (Å²) < 4.78 is 0. The molecule has 1 aliphatic carbocycles. The summed E-state index contributed by atoms with van der Waals surface area (Å²) >= 11 is 6.15. The fourth-order valence-corrected chi connectivity index (χ4v) is 3.79. The molecule has 3 rings (SSSR count). The highest BCUT2D eigenvalue weighted by atomic mass is 35.5. The van der Waals surface area contributed by atoms with Gasteiger partial charge in [0, 0.05) is 28.6 Å². The van der Waals surface area contributed by atoms with E-state index in [1.807, 2.05) is 48.5 Å². The maximum absolute atomic E-state index is 12.3. The number of carbonyl (C=O) groups excluding carboxylic acids is 1. The second kappa shape index (κ2) is 7.37. The summed E-state index contributed by atoms with van der Waals surface area (Å²) in [5.74, 6) is 0.00334. The summed E-state index contributed by atoms with van der Waals surface area (Å²) in [7, 11) is 0. The molecule has 1 saturated carbocycles. The molecule has 24 heavy (non-hydrogen) atoms. The molecule has 4 heteroatoms. The lowest BCUT2D eigenvalue weighted by Gasteiger charge is -2.40. The lowest BCUT2D eigenvalue weighted by molar-refractivity contribution is 0.0918. The lowest BCUT2D eigenvalue weighted by Crippen LogP contribution is -2.45. The van der Waals surface area contributed by atoms with Crippen molar-refractivity contribution in [1.29, 1.82) is 0 Å². The van der Waals surface area contributed by atoms with Crippen molar-refractivity contribution in [3.8, 4) is 0 Å². The Balaban J connectivity index is 1.65. The molecule has 3 nitrogen and oxygen atoms in total. The quantitative estimate of drug-likeness (QED) is 0.885. The van der Waals surface area contributed by atoms with Crippen molar-refractivity contribution in [3.05, 3.63) is 70.7 Å². The number of rotatable bonds is 4. The number of hydrogen-bond donors (Lipinski definition) is 2. The van der Waals surface area contributed by atoms with Gasteiger partial charge < -0.3 is 11.1 Å². The Kier molecular flexibility index (Phi) is 5.22. The molecule has 0 saturated heterocycles. The third kappa shape index (κ3) is 3.63. The lowest BCUT2D eigenvalue weighted by atomic mass is 9.68. The van der Waals surface area contributed by atoms with E-state index in [1.165, 1.54) is 5.56 Å². The predicted molar refractivity (Wildman–Crippen MR) is 98.3 cm³/mol. The Morgan fingerprint density at radius 3 is 2.46 bits per heavy atom. The number of nitrogens with two attached hydrogens (primary N) is 1. The van der Waals surface area contributed by atoms with E-state index in [4.69, 9.17) is 17.3 Å². The number of hydrogen-bond acceptors (Lipinski definition) is 2. The van der Waals surface area contributed by atoms with Gasteiger partial charge in [-0.3, -0.25) is 4.79 Å². The smallest absolute Gasteiger partial charge is 0.251 e. The van der Waals surface area contributed by atoms with Gasteiger partial charge in [-0.05, 0) is 55.5 Å². The second-order valence-corrected chi connectivity index (χ2v) is 7.04. The van der Waals surface area contributed by atoms with Crippen LogP contribution in [0.25, 0.3) is 0 Å². The van der Waals surface area contributed by atoms with Crippen LogP contribution in [-0.2, 0) is 5.41 Å². The van der Waals surface area contributed by atoms with Gasteiger partial charge >= 0.3 is 0 Å². The second-order valence-electron chi connectivity index (χ2n) is 6.61. The topological polar surface area (TPSA) is 55.1 Å². The summed E-state index contributed by atoms with van der Waals surface area (Å²) in [6.45, 7) is 0.604. The highest BCUT2D eigenvalue weighted by Crippen LogP contribution is 2.39. The van der Waals surface area contributed by atoms with Gasteiger partial charge in [0.05, 0.1) is 0 Å². The molecule has 0 heterocycles. The summed E-state index contributed by atoms with van der Waals surface area (Å²) in [5, 5.41) is 3.90. The molecular formula is C20H23ClN2O. The fourth-order valence-electron chi connectivity index (χ4n) is 3.60. The average Bonchev–Trinajstić information content (AvgIpc) is 2.63. The van der Waals surface area contributed by atoms with Gasteiger partial charge in [0.25, 0.3) is 5.91 Å². The highest BCUT2D eigenvalue weighted by Gasteiger charge is 2.36. The highest BCUT2D eigenvalue weighted by molar-refractivity contribution is 6.30. The first kappa shape index (κ1) is 17.0. The van der Waals surface area contributed by atoms with E-state index in [2.05, 4.69) is 11.4 Å². The molecule has 2 aromatic rings. The van der Waals surface area contributed by atoms with Crippen molar-refractivity contribution in [2.75, 3.05) is 6.54 Å². The normalized spacial score (nSPS) is 23.7. The van der Waals surface area contributed by atoms with Crippen molar-refractivity contribution in [2.45, 2.75) is 37.1 Å². The Bertz CT molecular complexity index is 694. The first-order valence-corrected chi connectivity index (χ1v) is 8.83. The summed E-state index contributed by atoms with van der Waals surface area (Å²) in [5.41, 5.74) is 8.02. The average molecular weight is 343 g/mol. The minimum absolute atomic E-state index is 0.00334. The third-order valence-corrected chi connectivity index (χ3v) is 5.38. The molecule has 3 N–H and O–H groups in total. The van der Waals surface area contributed by atoms with E-state index in [1.54, 1.807) is 0 Å². The van der Waals surface area contributed by atoms with Crippen LogP contribution in [0.2, 0.25) is 5.02 Å². The maximum Gasteiger partial charge on any atom is 0.251 e. The summed E-state index contributed by atoms with van der Waals surface area (Å²) in [4.78, 5) is 12.3. The molecule has 2 aromatic carbocycles. The van der Waals surface area contributed by atoms with Gasteiger partial charge in [-0.25, -0.2) is 0 Å². The number of amides is 1. The number of halogens is 1. The van der Waals surface area contributed by atoms with E-state index < -0.39 is 0 Å². The van der Waals surface area contributed by atoms with Gasteiger partial charge in [-0.15, -0.1) is 0 Å². The van der Waals surface area contributed by atoms with Crippen LogP contribution in [-0.4, -0.2) is 18.5 Å². The molecule has 0 radical (unpaired) electrons. The van der Waals surface area contributed by atoms with Crippen molar-refractivity contribution in [2.24, 2.45) is 5.73 Å². The molecular weight excluding hydrogens is 320 g/mol. The Hall–Kier alpha value is -1.84. The SMILES string of the molecule is NCC1(c2cccc(Cl)c2)CCC(NC(=O)c2ccccc2)CC1. The molecule has 0 unspecified atom stereocenters. The van der Waals surface area contributed by atoms with E-state index in [-0.39, 0.29) is 17.4 Å². The molecule has 1 amide bonds. The van der Waals surface area contributed by atoms with Crippen LogP contribution in [0, 0.1) is 0 Å². The zero-order chi connectivity index (χ0) is 17.0. The van der Waals surface area contributed by atoms with Gasteiger partial charge in [-0.1, -0.05) is 41.9 Å². The summed E-state index contributed by atoms with van der Waals surface area (Å²) in [6.07, 6.45) is 3.79. The zero-order valence-corrected chi connectivity index (χ0v) is 14.4. The van der Waals surface area contributed by atoms with E-state index in [0.29, 0.717) is 12.1 Å². The fraction of sp³-hybridized carbons (Fsp3) is 0.350. The van der Waals surface area contributed by atoms with Gasteiger partial charge in [0.2, 0.25) is 0 Å². The maximum atomic E-state index is 12.3. The van der Waals surface area contributed by atoms with Crippen molar-refractivity contribution in [1.82, 2.24) is 5.32 Å².